The molecule has 1 saturated carbocycles. The largest absolute Gasteiger partial charge is 0.393 e. The van der Waals surface area contributed by atoms with E-state index in [2.05, 4.69) is 15.5 Å². The average Bonchev–Trinajstić information content (AvgIpc) is 3.22. The van der Waals surface area contributed by atoms with Crippen LogP contribution in [0.1, 0.15) is 48.9 Å². The fraction of sp³-hybridized carbons (Fsp3) is 0.565. The third-order valence-electron chi connectivity index (χ3n) is 6.98. The smallest absolute Gasteiger partial charge is 0.254 e. The SMILES string of the molecule is CNCC1(n2cc(C(N)=O)c(Nc3ccc(F)cc3)n2)CCC(N2CCC(O)CC2)CC1. The lowest BCUT2D eigenvalue weighted by molar-refractivity contribution is 0.0312. The Morgan fingerprint density at radius 3 is 2.47 bits per heavy atom. The van der Waals surface area contributed by atoms with Gasteiger partial charge in [-0.3, -0.25) is 9.48 Å². The molecule has 1 saturated heterocycles. The number of likely N-dealkylation sites (N-methyl/N-ethyl adjacent to an activating group) is 1. The third-order valence-corrected chi connectivity index (χ3v) is 6.98. The number of primary amides is 1. The minimum Gasteiger partial charge on any atom is -0.393 e. The van der Waals surface area contributed by atoms with Crippen molar-refractivity contribution in [3.05, 3.63) is 41.8 Å². The molecule has 8 nitrogen and oxygen atoms in total. The fourth-order valence-electron chi connectivity index (χ4n) is 5.13. The quantitative estimate of drug-likeness (QED) is 0.521. The Balaban J connectivity index is 1.54. The van der Waals surface area contributed by atoms with Crippen LogP contribution in [0.25, 0.3) is 0 Å². The summed E-state index contributed by atoms with van der Waals surface area (Å²) in [4.78, 5) is 14.6. The molecule has 0 atom stereocenters. The second-order valence-corrected chi connectivity index (χ2v) is 9.09. The highest BCUT2D eigenvalue weighted by Gasteiger charge is 2.40. The summed E-state index contributed by atoms with van der Waals surface area (Å²) < 4.78 is 15.2. The Morgan fingerprint density at radius 2 is 1.88 bits per heavy atom. The number of rotatable bonds is 7. The van der Waals surface area contributed by atoms with Gasteiger partial charge in [0.2, 0.25) is 0 Å². The summed E-state index contributed by atoms with van der Waals surface area (Å²) in [6.07, 6.45) is 7.18. The van der Waals surface area contributed by atoms with Crippen LogP contribution in [0.5, 0.6) is 0 Å². The number of nitrogens with one attached hydrogen (secondary N) is 2. The highest BCUT2D eigenvalue weighted by atomic mass is 19.1. The predicted octanol–water partition coefficient (Wildman–Crippen LogP) is 2.18. The van der Waals surface area contributed by atoms with Crippen molar-refractivity contribution in [2.75, 3.05) is 32.0 Å². The normalized spacial score (nSPS) is 25.0. The zero-order valence-corrected chi connectivity index (χ0v) is 18.6. The van der Waals surface area contributed by atoms with E-state index in [1.165, 1.54) is 12.1 Å². The summed E-state index contributed by atoms with van der Waals surface area (Å²) in [6.45, 7) is 2.63. The molecule has 9 heteroatoms. The summed E-state index contributed by atoms with van der Waals surface area (Å²) in [5, 5.41) is 21.0. The van der Waals surface area contributed by atoms with Crippen molar-refractivity contribution in [3.8, 4) is 0 Å². The Kier molecular flexibility index (Phi) is 6.78. The number of likely N-dealkylation sites (tertiary alicyclic amines) is 1. The minimum atomic E-state index is -0.555. The first-order chi connectivity index (χ1) is 15.4. The summed E-state index contributed by atoms with van der Waals surface area (Å²) in [5.41, 5.74) is 6.35. The molecule has 2 aliphatic rings. The van der Waals surface area contributed by atoms with E-state index < -0.39 is 5.91 Å². The predicted molar refractivity (Wildman–Crippen MR) is 121 cm³/mol. The number of hydrogen-bond donors (Lipinski definition) is 4. The number of aliphatic hydroxyl groups is 1. The molecule has 174 valence electrons. The Bertz CT molecular complexity index is 915. The molecule has 0 unspecified atom stereocenters. The molecule has 1 amide bonds. The lowest BCUT2D eigenvalue weighted by Gasteiger charge is -2.45. The van der Waals surface area contributed by atoms with E-state index in [0.717, 1.165) is 58.2 Å². The van der Waals surface area contributed by atoms with Gasteiger partial charge in [0.15, 0.2) is 5.82 Å². The van der Waals surface area contributed by atoms with E-state index in [-0.39, 0.29) is 17.5 Å². The number of carbonyl (C=O) groups excluding carboxylic acids is 1. The molecule has 0 spiro atoms. The number of piperidine rings is 1. The van der Waals surface area contributed by atoms with Gasteiger partial charge < -0.3 is 26.4 Å². The third kappa shape index (κ3) is 4.79. The van der Waals surface area contributed by atoms with Gasteiger partial charge >= 0.3 is 0 Å². The number of aliphatic hydroxyl groups excluding tert-OH is 1. The summed E-state index contributed by atoms with van der Waals surface area (Å²) in [5.74, 6) is -0.503. The van der Waals surface area contributed by atoms with Gasteiger partial charge in [0, 0.05) is 37.6 Å². The average molecular weight is 445 g/mol. The number of hydrogen-bond acceptors (Lipinski definition) is 6. The molecule has 1 aromatic heterocycles. The maximum Gasteiger partial charge on any atom is 0.254 e. The van der Waals surface area contributed by atoms with Crippen molar-refractivity contribution in [3.63, 3.8) is 0 Å². The Morgan fingerprint density at radius 1 is 1.22 bits per heavy atom. The van der Waals surface area contributed by atoms with Crippen molar-refractivity contribution < 1.29 is 14.3 Å². The number of amides is 1. The number of aromatic nitrogens is 2. The molecule has 2 fully saturated rings. The lowest BCUT2D eigenvalue weighted by Crippen LogP contribution is -2.51. The van der Waals surface area contributed by atoms with E-state index in [1.807, 2.05) is 11.7 Å². The van der Waals surface area contributed by atoms with Gasteiger partial charge in [-0.2, -0.15) is 5.10 Å². The molecule has 0 radical (unpaired) electrons. The fourth-order valence-corrected chi connectivity index (χ4v) is 5.13. The zero-order valence-electron chi connectivity index (χ0n) is 18.6. The van der Waals surface area contributed by atoms with Crippen LogP contribution in [0.15, 0.2) is 30.5 Å². The second-order valence-electron chi connectivity index (χ2n) is 9.09. The number of nitrogens with two attached hydrogens (primary N) is 1. The van der Waals surface area contributed by atoms with Crippen LogP contribution in [0, 0.1) is 5.82 Å². The Labute approximate surface area is 188 Å². The summed E-state index contributed by atoms with van der Waals surface area (Å²) >= 11 is 0. The van der Waals surface area contributed by atoms with Crippen molar-refractivity contribution in [1.29, 1.82) is 0 Å². The molecule has 0 bridgehead atoms. The highest BCUT2D eigenvalue weighted by molar-refractivity contribution is 5.98. The topological polar surface area (TPSA) is 108 Å². The molecule has 5 N–H and O–H groups in total. The molecule has 1 aromatic carbocycles. The van der Waals surface area contributed by atoms with Crippen molar-refractivity contribution in [1.82, 2.24) is 20.0 Å². The van der Waals surface area contributed by atoms with Crippen molar-refractivity contribution >= 4 is 17.4 Å². The van der Waals surface area contributed by atoms with Crippen LogP contribution in [0.2, 0.25) is 0 Å². The maximum absolute atomic E-state index is 13.3. The van der Waals surface area contributed by atoms with E-state index in [1.54, 1.807) is 18.3 Å². The first-order valence-electron chi connectivity index (χ1n) is 11.4. The monoisotopic (exact) mass is 444 g/mol. The van der Waals surface area contributed by atoms with E-state index >= 15 is 0 Å². The Hall–Kier alpha value is -2.49. The number of halogens is 1. The molecular formula is C23H33FN6O2. The van der Waals surface area contributed by atoms with Gasteiger partial charge in [0.05, 0.1) is 11.6 Å². The number of nitrogens with zero attached hydrogens (tertiary/aromatic N) is 3. The molecule has 2 heterocycles. The number of carbonyl (C=O) groups is 1. The van der Waals surface area contributed by atoms with Crippen molar-refractivity contribution in [2.45, 2.75) is 56.2 Å². The van der Waals surface area contributed by atoms with Gasteiger partial charge in [-0.15, -0.1) is 0 Å². The standard InChI is InChI=1S/C23H33FN6O2/c1-26-15-23(10-6-18(7-11-23)29-12-8-19(31)9-13-29)30-14-20(21(25)32)22(28-30)27-17-4-2-16(24)3-5-17/h2-5,14,18-19,26,31H,6-13,15H2,1H3,(H2,25,32)(H,27,28). The minimum absolute atomic E-state index is 0.165. The molecule has 2 aromatic rings. The van der Waals surface area contributed by atoms with Gasteiger partial charge in [0.25, 0.3) is 5.91 Å². The molecule has 1 aliphatic heterocycles. The van der Waals surface area contributed by atoms with Gasteiger partial charge in [-0.1, -0.05) is 0 Å². The maximum atomic E-state index is 13.3. The van der Waals surface area contributed by atoms with Crippen LogP contribution in [-0.2, 0) is 5.54 Å². The highest BCUT2D eigenvalue weighted by Crippen LogP contribution is 2.38. The summed E-state index contributed by atoms with van der Waals surface area (Å²) in [6, 6.07) is 6.42. The summed E-state index contributed by atoms with van der Waals surface area (Å²) in [7, 11) is 1.93. The van der Waals surface area contributed by atoms with Crippen LogP contribution in [0.4, 0.5) is 15.9 Å². The zero-order chi connectivity index (χ0) is 22.7. The first kappa shape index (κ1) is 22.7. The van der Waals surface area contributed by atoms with Gasteiger partial charge in [-0.05, 0) is 69.8 Å². The van der Waals surface area contributed by atoms with Crippen LogP contribution < -0.4 is 16.4 Å². The molecular weight excluding hydrogens is 411 g/mol. The second kappa shape index (κ2) is 9.56. The lowest BCUT2D eigenvalue weighted by atomic mass is 9.78. The molecule has 32 heavy (non-hydrogen) atoms. The first-order valence-corrected chi connectivity index (χ1v) is 11.4. The van der Waals surface area contributed by atoms with E-state index in [4.69, 9.17) is 10.8 Å². The van der Waals surface area contributed by atoms with Crippen LogP contribution >= 0.6 is 0 Å². The molecule has 4 rings (SSSR count). The van der Waals surface area contributed by atoms with Gasteiger partial charge in [0.1, 0.15) is 11.4 Å². The van der Waals surface area contributed by atoms with Gasteiger partial charge in [-0.25, -0.2) is 4.39 Å². The number of benzene rings is 1. The van der Waals surface area contributed by atoms with Crippen LogP contribution in [0.3, 0.4) is 0 Å². The van der Waals surface area contributed by atoms with Crippen molar-refractivity contribution in [2.24, 2.45) is 5.73 Å². The van der Waals surface area contributed by atoms with E-state index in [0.29, 0.717) is 23.1 Å². The van der Waals surface area contributed by atoms with E-state index in [9.17, 15) is 14.3 Å². The van der Waals surface area contributed by atoms with Crippen LogP contribution in [-0.4, -0.2) is 64.5 Å². The molecule has 1 aliphatic carbocycles. The number of anilines is 2.